The molecule has 0 unspecified atom stereocenters. The van der Waals surface area contributed by atoms with E-state index in [-0.39, 0.29) is 0 Å². The van der Waals surface area contributed by atoms with Crippen LogP contribution in [-0.4, -0.2) is 11.7 Å². The van der Waals surface area contributed by atoms with E-state index < -0.39 is 0 Å². The van der Waals surface area contributed by atoms with Gasteiger partial charge in [-0.25, -0.2) is 0 Å². The van der Waals surface area contributed by atoms with Crippen LogP contribution in [0.5, 0.6) is 5.75 Å². The van der Waals surface area contributed by atoms with E-state index in [1.165, 1.54) is 42.4 Å². The van der Waals surface area contributed by atoms with Crippen molar-refractivity contribution >= 4 is 10.9 Å². The van der Waals surface area contributed by atoms with Gasteiger partial charge >= 0.3 is 0 Å². The number of nitrogens with zero attached hydrogens (tertiary/aromatic N) is 1. The van der Waals surface area contributed by atoms with Crippen LogP contribution in [0, 0.1) is 0 Å². The number of ether oxygens (including phenoxy) is 1. The zero-order valence-electron chi connectivity index (χ0n) is 8.99. The molecular weight excluding hydrogens is 186 g/mol. The van der Waals surface area contributed by atoms with Crippen LogP contribution in [0.25, 0.3) is 10.9 Å². The first kappa shape index (κ1) is 8.84. The first-order valence-corrected chi connectivity index (χ1v) is 5.54. The summed E-state index contributed by atoms with van der Waals surface area (Å²) in [6.07, 6.45) is 3.85. The molecule has 0 radical (unpaired) electrons. The van der Waals surface area contributed by atoms with Crippen LogP contribution in [0.2, 0.25) is 0 Å². The summed E-state index contributed by atoms with van der Waals surface area (Å²) in [6, 6.07) is 8.64. The van der Waals surface area contributed by atoms with Gasteiger partial charge in [0, 0.05) is 23.1 Å². The summed E-state index contributed by atoms with van der Waals surface area (Å²) in [6.45, 7) is 1.17. The maximum Gasteiger partial charge on any atom is 0.119 e. The van der Waals surface area contributed by atoms with Crippen molar-refractivity contribution in [2.45, 2.75) is 25.8 Å². The SMILES string of the molecule is COc1ccc2c(c1)cc1n2CCCC1. The quantitative estimate of drug-likeness (QED) is 0.691. The molecule has 0 saturated carbocycles. The average molecular weight is 201 g/mol. The van der Waals surface area contributed by atoms with E-state index in [1.807, 2.05) is 6.07 Å². The third-order valence-corrected chi connectivity index (χ3v) is 3.26. The summed E-state index contributed by atoms with van der Waals surface area (Å²) < 4.78 is 7.69. The maximum atomic E-state index is 5.25. The Labute approximate surface area is 89.5 Å². The van der Waals surface area contributed by atoms with Crippen LogP contribution >= 0.6 is 0 Å². The van der Waals surface area contributed by atoms with Gasteiger partial charge in [0.05, 0.1) is 7.11 Å². The fraction of sp³-hybridized carbons (Fsp3) is 0.385. The molecule has 2 aromatic rings. The summed E-state index contributed by atoms with van der Waals surface area (Å²) in [5, 5.41) is 1.31. The smallest absolute Gasteiger partial charge is 0.119 e. The number of hydrogen-bond acceptors (Lipinski definition) is 1. The molecule has 1 aliphatic heterocycles. The Hall–Kier alpha value is -1.44. The van der Waals surface area contributed by atoms with Gasteiger partial charge in [0.15, 0.2) is 0 Å². The number of aromatic nitrogens is 1. The van der Waals surface area contributed by atoms with E-state index in [9.17, 15) is 0 Å². The first-order valence-electron chi connectivity index (χ1n) is 5.54. The monoisotopic (exact) mass is 201 g/mol. The number of methoxy groups -OCH3 is 1. The van der Waals surface area contributed by atoms with Crippen LogP contribution in [0.15, 0.2) is 24.3 Å². The second-order valence-electron chi connectivity index (χ2n) is 4.17. The highest BCUT2D eigenvalue weighted by Crippen LogP contribution is 2.28. The number of aryl methyl sites for hydroxylation is 2. The lowest BCUT2D eigenvalue weighted by Crippen LogP contribution is -2.08. The Morgan fingerprint density at radius 2 is 2.13 bits per heavy atom. The van der Waals surface area contributed by atoms with E-state index in [1.54, 1.807) is 7.11 Å². The molecule has 0 N–H and O–H groups in total. The van der Waals surface area contributed by atoms with Gasteiger partial charge in [0.25, 0.3) is 0 Å². The normalized spacial score (nSPS) is 15.3. The third-order valence-electron chi connectivity index (χ3n) is 3.26. The van der Waals surface area contributed by atoms with Crippen LogP contribution in [0.4, 0.5) is 0 Å². The van der Waals surface area contributed by atoms with Gasteiger partial charge in [0.2, 0.25) is 0 Å². The van der Waals surface area contributed by atoms with Gasteiger partial charge in [-0.1, -0.05) is 0 Å². The molecule has 0 fully saturated rings. The number of benzene rings is 1. The zero-order chi connectivity index (χ0) is 10.3. The lowest BCUT2D eigenvalue weighted by molar-refractivity contribution is 0.415. The molecule has 78 valence electrons. The Bertz CT molecular complexity index is 498. The highest BCUT2D eigenvalue weighted by molar-refractivity contribution is 5.83. The van der Waals surface area contributed by atoms with Crippen molar-refractivity contribution in [2.75, 3.05) is 7.11 Å². The highest BCUT2D eigenvalue weighted by Gasteiger charge is 2.12. The molecule has 2 nitrogen and oxygen atoms in total. The van der Waals surface area contributed by atoms with Gasteiger partial charge in [-0.3, -0.25) is 0 Å². The van der Waals surface area contributed by atoms with Gasteiger partial charge in [0.1, 0.15) is 5.75 Å². The zero-order valence-corrected chi connectivity index (χ0v) is 8.99. The minimum absolute atomic E-state index is 0.949. The first-order chi connectivity index (χ1) is 7.38. The Morgan fingerprint density at radius 1 is 1.20 bits per heavy atom. The van der Waals surface area contributed by atoms with Crippen molar-refractivity contribution in [1.29, 1.82) is 0 Å². The van der Waals surface area contributed by atoms with Crippen molar-refractivity contribution in [3.05, 3.63) is 30.0 Å². The van der Waals surface area contributed by atoms with E-state index in [0.29, 0.717) is 0 Å². The van der Waals surface area contributed by atoms with Gasteiger partial charge < -0.3 is 9.30 Å². The molecule has 0 aliphatic carbocycles. The summed E-state index contributed by atoms with van der Waals surface area (Å²) >= 11 is 0. The minimum Gasteiger partial charge on any atom is -0.497 e. The standard InChI is InChI=1S/C13H15NO/c1-15-12-5-6-13-10(9-12)8-11-4-2-3-7-14(11)13/h5-6,8-9H,2-4,7H2,1H3. The van der Waals surface area contributed by atoms with E-state index in [2.05, 4.69) is 22.8 Å². The molecule has 3 rings (SSSR count). The van der Waals surface area contributed by atoms with E-state index in [4.69, 9.17) is 4.74 Å². The van der Waals surface area contributed by atoms with Crippen LogP contribution in [0.3, 0.4) is 0 Å². The van der Waals surface area contributed by atoms with Crippen LogP contribution < -0.4 is 4.74 Å². The largest absolute Gasteiger partial charge is 0.497 e. The molecule has 2 heteroatoms. The summed E-state index contributed by atoms with van der Waals surface area (Å²) in [7, 11) is 1.72. The molecule has 15 heavy (non-hydrogen) atoms. The van der Waals surface area contributed by atoms with Crippen molar-refractivity contribution in [3.63, 3.8) is 0 Å². The fourth-order valence-electron chi connectivity index (χ4n) is 2.48. The van der Waals surface area contributed by atoms with E-state index in [0.717, 1.165) is 5.75 Å². The Kier molecular flexibility index (Phi) is 1.94. The predicted octanol–water partition coefficient (Wildman–Crippen LogP) is 2.99. The second kappa shape index (κ2) is 3.30. The fourth-order valence-corrected chi connectivity index (χ4v) is 2.48. The lowest BCUT2D eigenvalue weighted by Gasteiger charge is -2.15. The van der Waals surface area contributed by atoms with Crippen LogP contribution in [-0.2, 0) is 13.0 Å². The molecule has 0 spiro atoms. The summed E-state index contributed by atoms with van der Waals surface area (Å²) in [5.74, 6) is 0.949. The Morgan fingerprint density at radius 3 is 3.00 bits per heavy atom. The van der Waals surface area contributed by atoms with Crippen molar-refractivity contribution in [3.8, 4) is 5.75 Å². The third kappa shape index (κ3) is 1.32. The summed E-state index contributed by atoms with van der Waals surface area (Å²) in [5.41, 5.74) is 2.83. The van der Waals surface area contributed by atoms with Crippen molar-refractivity contribution < 1.29 is 4.74 Å². The van der Waals surface area contributed by atoms with Gasteiger partial charge in [-0.05, 0) is 43.5 Å². The molecule has 0 saturated heterocycles. The molecule has 1 aliphatic rings. The van der Waals surface area contributed by atoms with Gasteiger partial charge in [-0.15, -0.1) is 0 Å². The molecule has 2 heterocycles. The lowest BCUT2D eigenvalue weighted by atomic mass is 10.1. The molecule has 1 aromatic carbocycles. The van der Waals surface area contributed by atoms with Gasteiger partial charge in [-0.2, -0.15) is 0 Å². The van der Waals surface area contributed by atoms with Crippen LogP contribution in [0.1, 0.15) is 18.5 Å². The molecule has 0 bridgehead atoms. The number of rotatable bonds is 1. The summed E-state index contributed by atoms with van der Waals surface area (Å²) in [4.78, 5) is 0. The minimum atomic E-state index is 0.949. The Balaban J connectivity index is 2.22. The van der Waals surface area contributed by atoms with Crippen molar-refractivity contribution in [1.82, 2.24) is 4.57 Å². The van der Waals surface area contributed by atoms with E-state index >= 15 is 0 Å². The average Bonchev–Trinajstić information content (AvgIpc) is 2.66. The molecule has 0 amide bonds. The molecule has 1 aromatic heterocycles. The molecular formula is C13H15NO. The van der Waals surface area contributed by atoms with Crippen molar-refractivity contribution in [2.24, 2.45) is 0 Å². The number of fused-ring (bicyclic) bond motifs is 3. The second-order valence-corrected chi connectivity index (χ2v) is 4.17. The maximum absolute atomic E-state index is 5.25. The number of hydrogen-bond donors (Lipinski definition) is 0. The highest BCUT2D eigenvalue weighted by atomic mass is 16.5. The predicted molar refractivity (Wildman–Crippen MR) is 61.4 cm³/mol. The molecule has 0 atom stereocenters. The topological polar surface area (TPSA) is 14.2 Å².